The number of carbonyl (C=O) groups is 2. The van der Waals surface area contributed by atoms with Crippen LogP contribution in [-0.4, -0.2) is 72.5 Å². The second-order valence-electron chi connectivity index (χ2n) is 7.52. The number of aromatic nitrogens is 2. The van der Waals surface area contributed by atoms with Crippen molar-refractivity contribution in [3.63, 3.8) is 0 Å². The zero-order valence-corrected chi connectivity index (χ0v) is 18.2. The molecule has 0 aliphatic carbocycles. The average molecular weight is 436 g/mol. The van der Waals surface area contributed by atoms with Crippen LogP contribution in [0, 0.1) is 11.3 Å². The lowest BCUT2D eigenvalue weighted by atomic mass is 10.2. The SMILES string of the molecule is N#CCCN(C(=O)CCC(=O)NCCN1CCN(c2ncccn2)CC1)c1ccccc1. The van der Waals surface area contributed by atoms with Crippen molar-refractivity contribution < 1.29 is 9.59 Å². The van der Waals surface area contributed by atoms with E-state index in [1.165, 1.54) is 0 Å². The topological polar surface area (TPSA) is 105 Å². The zero-order valence-electron chi connectivity index (χ0n) is 18.2. The Morgan fingerprint density at radius 1 is 1.03 bits per heavy atom. The molecule has 0 saturated carbocycles. The molecule has 3 rings (SSSR count). The number of rotatable bonds is 10. The third-order valence-corrected chi connectivity index (χ3v) is 5.34. The van der Waals surface area contributed by atoms with Crippen molar-refractivity contribution in [1.29, 1.82) is 5.26 Å². The summed E-state index contributed by atoms with van der Waals surface area (Å²) in [7, 11) is 0. The minimum Gasteiger partial charge on any atom is -0.355 e. The Labute approximate surface area is 188 Å². The lowest BCUT2D eigenvalue weighted by Gasteiger charge is -2.34. The second kappa shape index (κ2) is 12.4. The fraction of sp³-hybridized carbons (Fsp3) is 0.435. The van der Waals surface area contributed by atoms with E-state index >= 15 is 0 Å². The first-order valence-electron chi connectivity index (χ1n) is 10.9. The molecule has 32 heavy (non-hydrogen) atoms. The van der Waals surface area contributed by atoms with Crippen molar-refractivity contribution in [1.82, 2.24) is 20.2 Å². The van der Waals surface area contributed by atoms with Crippen molar-refractivity contribution in [2.24, 2.45) is 0 Å². The maximum absolute atomic E-state index is 12.6. The molecule has 1 aliphatic heterocycles. The van der Waals surface area contributed by atoms with Crippen LogP contribution in [0.25, 0.3) is 0 Å². The molecule has 1 saturated heterocycles. The molecule has 9 nitrogen and oxygen atoms in total. The van der Waals surface area contributed by atoms with Gasteiger partial charge in [-0.05, 0) is 18.2 Å². The Hall–Kier alpha value is -3.51. The molecule has 9 heteroatoms. The van der Waals surface area contributed by atoms with Crippen molar-refractivity contribution in [2.45, 2.75) is 19.3 Å². The largest absolute Gasteiger partial charge is 0.355 e. The summed E-state index contributed by atoms with van der Waals surface area (Å²) < 4.78 is 0. The van der Waals surface area contributed by atoms with Gasteiger partial charge in [0.25, 0.3) is 0 Å². The van der Waals surface area contributed by atoms with Crippen molar-refractivity contribution >= 4 is 23.5 Å². The Bertz CT molecular complexity index is 894. The number of nitrogens with one attached hydrogen (secondary N) is 1. The van der Waals surface area contributed by atoms with Crippen LogP contribution in [0.1, 0.15) is 19.3 Å². The summed E-state index contributed by atoms with van der Waals surface area (Å²) in [5.41, 5.74) is 0.744. The van der Waals surface area contributed by atoms with Gasteiger partial charge < -0.3 is 15.1 Å². The highest BCUT2D eigenvalue weighted by Crippen LogP contribution is 2.15. The highest BCUT2D eigenvalue weighted by molar-refractivity contribution is 5.95. The molecule has 168 valence electrons. The molecule has 0 unspecified atom stereocenters. The number of carbonyl (C=O) groups excluding carboxylic acids is 2. The summed E-state index contributed by atoms with van der Waals surface area (Å²) in [5.74, 6) is 0.466. The Balaban J connectivity index is 1.35. The zero-order chi connectivity index (χ0) is 22.6. The van der Waals surface area contributed by atoms with Gasteiger partial charge in [0.05, 0.1) is 12.5 Å². The fourth-order valence-electron chi connectivity index (χ4n) is 3.59. The molecule has 2 aromatic rings. The molecule has 2 amide bonds. The first-order chi connectivity index (χ1) is 15.7. The molecular formula is C23H29N7O2. The highest BCUT2D eigenvalue weighted by Gasteiger charge is 2.19. The number of nitrogens with zero attached hydrogens (tertiary/aromatic N) is 6. The molecule has 0 atom stereocenters. The minimum absolute atomic E-state index is 0.113. The van der Waals surface area contributed by atoms with Crippen molar-refractivity contribution in [3.8, 4) is 6.07 Å². The Kier molecular flexibility index (Phi) is 8.95. The van der Waals surface area contributed by atoms with Crippen LogP contribution >= 0.6 is 0 Å². The molecule has 1 aromatic carbocycles. The van der Waals surface area contributed by atoms with E-state index in [-0.39, 0.29) is 31.1 Å². The molecule has 0 radical (unpaired) electrons. The number of hydrogen-bond acceptors (Lipinski definition) is 7. The Morgan fingerprint density at radius 2 is 1.75 bits per heavy atom. The summed E-state index contributed by atoms with van der Waals surface area (Å²) >= 11 is 0. The predicted octanol–water partition coefficient (Wildman–Crippen LogP) is 1.44. The quantitative estimate of drug-likeness (QED) is 0.602. The van der Waals surface area contributed by atoms with Gasteiger partial charge in [-0.15, -0.1) is 0 Å². The summed E-state index contributed by atoms with van der Waals surface area (Å²) in [4.78, 5) is 39.5. The molecule has 2 heterocycles. The number of piperazine rings is 1. The maximum Gasteiger partial charge on any atom is 0.227 e. The monoisotopic (exact) mass is 435 g/mol. The molecule has 0 bridgehead atoms. The molecule has 1 aromatic heterocycles. The smallest absolute Gasteiger partial charge is 0.227 e. The summed E-state index contributed by atoms with van der Waals surface area (Å²) in [6, 6.07) is 13.1. The lowest BCUT2D eigenvalue weighted by Crippen LogP contribution is -2.49. The number of benzene rings is 1. The maximum atomic E-state index is 12.6. The molecule has 0 spiro atoms. The summed E-state index contributed by atoms with van der Waals surface area (Å²) in [6.45, 7) is 5.11. The van der Waals surface area contributed by atoms with Crippen molar-refractivity contribution in [3.05, 3.63) is 48.8 Å². The van der Waals surface area contributed by atoms with Crippen LogP contribution in [0.3, 0.4) is 0 Å². The molecule has 1 aliphatic rings. The minimum atomic E-state index is -0.152. The number of amides is 2. The first kappa shape index (κ1) is 23.2. The third kappa shape index (κ3) is 7.03. The standard InChI is InChI=1S/C23H29N7O2/c24-10-4-14-30(20-6-2-1-3-7-20)22(32)9-8-21(31)25-13-15-28-16-18-29(19-17-28)23-26-11-5-12-27-23/h1-3,5-7,11-12H,4,8-9,13-19H2,(H,25,31). The van der Waals surface area contributed by atoms with E-state index in [4.69, 9.17) is 5.26 Å². The van der Waals surface area contributed by atoms with E-state index in [2.05, 4.69) is 31.2 Å². The third-order valence-electron chi connectivity index (χ3n) is 5.34. The van der Waals surface area contributed by atoms with Crippen LogP contribution in [0.15, 0.2) is 48.8 Å². The number of hydrogen-bond donors (Lipinski definition) is 1. The van der Waals surface area contributed by atoms with Gasteiger partial charge in [-0.2, -0.15) is 5.26 Å². The van der Waals surface area contributed by atoms with Gasteiger partial charge in [-0.3, -0.25) is 14.5 Å². The van der Waals surface area contributed by atoms with E-state index in [1.807, 2.05) is 36.4 Å². The van der Waals surface area contributed by atoms with Gasteiger partial charge >= 0.3 is 0 Å². The Morgan fingerprint density at radius 3 is 2.44 bits per heavy atom. The highest BCUT2D eigenvalue weighted by atomic mass is 16.2. The van der Waals surface area contributed by atoms with Gasteiger partial charge in [0.2, 0.25) is 17.8 Å². The van der Waals surface area contributed by atoms with Crippen LogP contribution in [0.2, 0.25) is 0 Å². The van der Waals surface area contributed by atoms with Crippen LogP contribution in [0.4, 0.5) is 11.6 Å². The van der Waals surface area contributed by atoms with Gasteiger partial charge in [-0.1, -0.05) is 18.2 Å². The van der Waals surface area contributed by atoms with Gasteiger partial charge in [0.1, 0.15) is 0 Å². The van der Waals surface area contributed by atoms with E-state index < -0.39 is 0 Å². The predicted molar refractivity (Wildman–Crippen MR) is 122 cm³/mol. The summed E-state index contributed by atoms with van der Waals surface area (Å²) in [6.07, 6.45) is 3.99. The average Bonchev–Trinajstić information content (AvgIpc) is 2.84. The summed E-state index contributed by atoms with van der Waals surface area (Å²) in [5, 5.41) is 11.8. The lowest BCUT2D eigenvalue weighted by molar-refractivity contribution is -0.125. The van der Waals surface area contributed by atoms with E-state index in [0.29, 0.717) is 13.1 Å². The first-order valence-corrected chi connectivity index (χ1v) is 10.9. The normalized spacial score (nSPS) is 13.9. The van der Waals surface area contributed by atoms with Crippen LogP contribution in [0.5, 0.6) is 0 Å². The van der Waals surface area contributed by atoms with E-state index in [0.717, 1.165) is 44.4 Å². The van der Waals surface area contributed by atoms with E-state index in [1.54, 1.807) is 17.3 Å². The van der Waals surface area contributed by atoms with Crippen molar-refractivity contribution in [2.75, 3.05) is 55.6 Å². The number of nitriles is 1. The fourth-order valence-corrected chi connectivity index (χ4v) is 3.59. The van der Waals surface area contributed by atoms with Gasteiger partial charge in [0, 0.05) is 76.7 Å². The second-order valence-corrected chi connectivity index (χ2v) is 7.52. The van der Waals surface area contributed by atoms with Crippen LogP contribution < -0.4 is 15.1 Å². The molecular weight excluding hydrogens is 406 g/mol. The number of anilines is 2. The van der Waals surface area contributed by atoms with E-state index in [9.17, 15) is 9.59 Å². The van der Waals surface area contributed by atoms with Crippen LogP contribution in [-0.2, 0) is 9.59 Å². The number of para-hydroxylation sites is 1. The molecule has 1 N–H and O–H groups in total. The molecule has 1 fully saturated rings. The van der Waals surface area contributed by atoms with Gasteiger partial charge in [0.15, 0.2) is 0 Å². The van der Waals surface area contributed by atoms with Gasteiger partial charge in [-0.25, -0.2) is 9.97 Å².